The number of nitrogens with zero attached hydrogens (tertiary/aromatic N) is 4. The van der Waals surface area contributed by atoms with Crippen LogP contribution in [0, 0.1) is 13.8 Å². The fourth-order valence-corrected chi connectivity index (χ4v) is 4.79. The van der Waals surface area contributed by atoms with E-state index in [0.717, 1.165) is 71.6 Å². The lowest BCUT2D eigenvalue weighted by atomic mass is 10.1. The summed E-state index contributed by atoms with van der Waals surface area (Å²) in [5.41, 5.74) is 5.30. The highest BCUT2D eigenvalue weighted by Crippen LogP contribution is 2.26. The lowest BCUT2D eigenvalue weighted by Crippen LogP contribution is -2.27. The van der Waals surface area contributed by atoms with Gasteiger partial charge in [0.25, 0.3) is 5.91 Å². The quantitative estimate of drug-likeness (QED) is 0.366. The zero-order valence-corrected chi connectivity index (χ0v) is 19.9. The molecule has 0 N–H and O–H groups in total. The highest BCUT2D eigenvalue weighted by molar-refractivity contribution is 7.98. The molecule has 1 amide bonds. The molecule has 0 bridgehead atoms. The van der Waals surface area contributed by atoms with Crippen LogP contribution in [-0.2, 0) is 12.3 Å². The van der Waals surface area contributed by atoms with Crippen molar-refractivity contribution < 1.29 is 4.79 Å². The molecule has 5 nitrogen and oxygen atoms in total. The van der Waals surface area contributed by atoms with Crippen molar-refractivity contribution in [1.29, 1.82) is 0 Å². The van der Waals surface area contributed by atoms with Crippen LogP contribution in [0.15, 0.2) is 59.8 Å². The standard InChI is InChI=1S/C26H30N4OS/c1-19-20(2)27-26(28-24(19)29(3)17-21-9-5-4-6-10-21)32-18-22-11-13-23(14-12-22)25(31)30-15-7-8-16-30/h4-6,9-14H,7-8,15-18H2,1-3H3. The molecule has 0 unspecified atom stereocenters. The first-order chi connectivity index (χ1) is 15.5. The first-order valence-electron chi connectivity index (χ1n) is 11.1. The Kier molecular flexibility index (Phi) is 7.10. The molecule has 0 saturated carbocycles. The Hall–Kier alpha value is -2.86. The van der Waals surface area contributed by atoms with Crippen molar-refractivity contribution in [2.45, 2.75) is 44.1 Å². The van der Waals surface area contributed by atoms with Crippen molar-refractivity contribution in [3.8, 4) is 0 Å². The van der Waals surface area contributed by atoms with Gasteiger partial charge in [0, 0.05) is 49.3 Å². The topological polar surface area (TPSA) is 49.3 Å². The molecular formula is C26H30N4OS. The largest absolute Gasteiger partial charge is 0.355 e. The summed E-state index contributed by atoms with van der Waals surface area (Å²) in [6.45, 7) is 6.67. The molecule has 6 heteroatoms. The number of anilines is 1. The van der Waals surface area contributed by atoms with Crippen molar-refractivity contribution in [2.24, 2.45) is 0 Å². The Morgan fingerprint density at radius 1 is 0.969 bits per heavy atom. The van der Waals surface area contributed by atoms with Gasteiger partial charge in [-0.3, -0.25) is 4.79 Å². The van der Waals surface area contributed by atoms with Gasteiger partial charge in [-0.25, -0.2) is 9.97 Å². The second kappa shape index (κ2) is 10.2. The number of hydrogen-bond donors (Lipinski definition) is 0. The molecule has 0 spiro atoms. The predicted octanol–water partition coefficient (Wildman–Crippen LogP) is 5.26. The lowest BCUT2D eigenvalue weighted by Gasteiger charge is -2.21. The van der Waals surface area contributed by atoms with Gasteiger partial charge in [0.05, 0.1) is 0 Å². The molecule has 0 radical (unpaired) electrons. The normalized spacial score (nSPS) is 13.4. The van der Waals surface area contributed by atoms with E-state index in [9.17, 15) is 4.79 Å². The van der Waals surface area contributed by atoms with Crippen molar-refractivity contribution in [2.75, 3.05) is 25.0 Å². The van der Waals surface area contributed by atoms with E-state index in [2.05, 4.69) is 43.1 Å². The van der Waals surface area contributed by atoms with Crippen molar-refractivity contribution in [3.05, 3.63) is 82.5 Å². The van der Waals surface area contributed by atoms with Gasteiger partial charge in [0.1, 0.15) is 5.82 Å². The van der Waals surface area contributed by atoms with Gasteiger partial charge in [0.15, 0.2) is 5.16 Å². The summed E-state index contributed by atoms with van der Waals surface area (Å²) in [5, 5.41) is 0.778. The third-order valence-electron chi connectivity index (χ3n) is 5.93. The highest BCUT2D eigenvalue weighted by Gasteiger charge is 2.19. The molecule has 3 aromatic rings. The zero-order chi connectivity index (χ0) is 22.5. The van der Waals surface area contributed by atoms with Crippen molar-refractivity contribution >= 4 is 23.5 Å². The third-order valence-corrected chi connectivity index (χ3v) is 6.85. The summed E-state index contributed by atoms with van der Waals surface area (Å²) in [6, 6.07) is 18.4. The van der Waals surface area contributed by atoms with E-state index in [1.54, 1.807) is 11.8 Å². The van der Waals surface area contributed by atoms with E-state index >= 15 is 0 Å². The molecule has 166 valence electrons. The lowest BCUT2D eigenvalue weighted by molar-refractivity contribution is 0.0793. The first kappa shape index (κ1) is 22.3. The Bertz CT molecular complexity index is 1060. The van der Waals surface area contributed by atoms with E-state index < -0.39 is 0 Å². The van der Waals surface area contributed by atoms with Crippen molar-refractivity contribution in [3.63, 3.8) is 0 Å². The summed E-state index contributed by atoms with van der Waals surface area (Å²) in [5.74, 6) is 1.88. The number of likely N-dealkylation sites (tertiary alicyclic amines) is 1. The number of carbonyl (C=O) groups is 1. The fraction of sp³-hybridized carbons (Fsp3) is 0.346. The first-order valence-corrected chi connectivity index (χ1v) is 12.1. The van der Waals surface area contributed by atoms with Crippen LogP contribution in [0.2, 0.25) is 0 Å². The maximum Gasteiger partial charge on any atom is 0.253 e. The number of carbonyl (C=O) groups excluding carboxylic acids is 1. The SMILES string of the molecule is Cc1nc(SCc2ccc(C(=O)N3CCCC3)cc2)nc(N(C)Cc2ccccc2)c1C. The summed E-state index contributed by atoms with van der Waals surface area (Å²) >= 11 is 1.63. The van der Waals surface area contributed by atoms with Crippen LogP contribution < -0.4 is 4.90 Å². The molecule has 1 aliphatic heterocycles. The third kappa shape index (κ3) is 5.30. The maximum absolute atomic E-state index is 12.5. The van der Waals surface area contributed by atoms with Crippen LogP contribution in [0.4, 0.5) is 5.82 Å². The minimum Gasteiger partial charge on any atom is -0.355 e. The number of hydrogen-bond acceptors (Lipinski definition) is 5. The Labute approximate surface area is 194 Å². The summed E-state index contributed by atoms with van der Waals surface area (Å²) in [4.78, 5) is 26.2. The van der Waals surface area contributed by atoms with Crippen LogP contribution in [-0.4, -0.2) is 40.9 Å². The van der Waals surface area contributed by atoms with E-state index in [-0.39, 0.29) is 5.91 Å². The van der Waals surface area contributed by atoms with E-state index in [0.29, 0.717) is 0 Å². The smallest absolute Gasteiger partial charge is 0.253 e. The maximum atomic E-state index is 12.5. The number of rotatable bonds is 7. The molecule has 4 rings (SSSR count). The Morgan fingerprint density at radius 2 is 1.66 bits per heavy atom. The van der Waals surface area contributed by atoms with Crippen LogP contribution in [0.3, 0.4) is 0 Å². The van der Waals surface area contributed by atoms with Crippen LogP contribution in [0.25, 0.3) is 0 Å². The van der Waals surface area contributed by atoms with E-state index in [1.807, 2.05) is 42.2 Å². The van der Waals surface area contributed by atoms with E-state index in [4.69, 9.17) is 9.97 Å². The monoisotopic (exact) mass is 446 g/mol. The van der Waals surface area contributed by atoms with Crippen molar-refractivity contribution in [1.82, 2.24) is 14.9 Å². The average Bonchev–Trinajstić information content (AvgIpc) is 3.35. The second-order valence-corrected chi connectivity index (χ2v) is 9.31. The summed E-state index contributed by atoms with van der Waals surface area (Å²) in [6.07, 6.45) is 2.22. The van der Waals surface area contributed by atoms with Crippen LogP contribution in [0.1, 0.15) is 45.6 Å². The van der Waals surface area contributed by atoms with Gasteiger partial charge in [0.2, 0.25) is 0 Å². The van der Waals surface area contributed by atoms with Gasteiger partial charge in [-0.05, 0) is 49.9 Å². The molecule has 2 aromatic carbocycles. The summed E-state index contributed by atoms with van der Waals surface area (Å²) in [7, 11) is 2.08. The number of aromatic nitrogens is 2. The van der Waals surface area contributed by atoms with Gasteiger partial charge >= 0.3 is 0 Å². The molecule has 1 fully saturated rings. The van der Waals surface area contributed by atoms with Gasteiger partial charge in [-0.1, -0.05) is 54.2 Å². The molecule has 2 heterocycles. The molecular weight excluding hydrogens is 416 g/mol. The Balaban J connectivity index is 1.42. The van der Waals surface area contributed by atoms with Gasteiger partial charge in [-0.2, -0.15) is 0 Å². The molecule has 0 atom stereocenters. The molecule has 1 aliphatic rings. The molecule has 1 aromatic heterocycles. The molecule has 32 heavy (non-hydrogen) atoms. The van der Waals surface area contributed by atoms with Gasteiger partial charge < -0.3 is 9.80 Å². The van der Waals surface area contributed by atoms with E-state index in [1.165, 1.54) is 5.56 Å². The van der Waals surface area contributed by atoms with Crippen LogP contribution >= 0.6 is 11.8 Å². The highest BCUT2D eigenvalue weighted by atomic mass is 32.2. The number of thioether (sulfide) groups is 1. The Morgan fingerprint density at radius 3 is 2.34 bits per heavy atom. The molecule has 1 saturated heterocycles. The molecule has 0 aliphatic carbocycles. The predicted molar refractivity (Wildman–Crippen MR) is 131 cm³/mol. The second-order valence-electron chi connectivity index (χ2n) is 8.37. The fourth-order valence-electron chi connectivity index (χ4n) is 3.95. The average molecular weight is 447 g/mol. The number of amides is 1. The minimum absolute atomic E-state index is 0.144. The van der Waals surface area contributed by atoms with Gasteiger partial charge in [-0.15, -0.1) is 0 Å². The summed E-state index contributed by atoms with van der Waals surface area (Å²) < 4.78 is 0. The van der Waals surface area contributed by atoms with Crippen LogP contribution in [0.5, 0.6) is 0 Å². The number of benzene rings is 2. The number of aryl methyl sites for hydroxylation is 1. The minimum atomic E-state index is 0.144. The zero-order valence-electron chi connectivity index (χ0n) is 19.0.